The molecule has 0 saturated heterocycles. The number of hydrogen-bond donors (Lipinski definition) is 3. The van der Waals surface area contributed by atoms with Crippen molar-refractivity contribution in [1.82, 2.24) is 5.32 Å². The van der Waals surface area contributed by atoms with Crippen LogP contribution in [0.15, 0.2) is 53.4 Å². The topological polar surface area (TPSA) is 78.6 Å². The molecule has 0 aliphatic carbocycles. The van der Waals surface area contributed by atoms with E-state index in [0.717, 1.165) is 0 Å². The molecule has 4 rings (SSSR count). The number of fused-ring (bicyclic) bond motifs is 1. The van der Waals surface area contributed by atoms with Gasteiger partial charge in [0.15, 0.2) is 0 Å². The van der Waals surface area contributed by atoms with Crippen molar-refractivity contribution in [1.29, 1.82) is 0 Å². The summed E-state index contributed by atoms with van der Waals surface area (Å²) in [5.74, 6) is -4.31. The number of nitrogens with one attached hydrogen (secondary N) is 1. The monoisotopic (exact) mass is 491 g/mol. The van der Waals surface area contributed by atoms with Crippen molar-refractivity contribution >= 4 is 29.0 Å². The molecular formula is C24H21F4N3O2S. The number of rotatable bonds is 5. The molecule has 178 valence electrons. The van der Waals surface area contributed by atoms with Gasteiger partial charge >= 0.3 is 0 Å². The molecule has 3 aromatic rings. The molecule has 1 heterocycles. The number of halogens is 4. The summed E-state index contributed by atoms with van der Waals surface area (Å²) >= 11 is 1.34. The largest absolute Gasteiger partial charge is 0.398 e. The number of amides is 1. The SMILES string of the molecule is CC1Sc2cc(C(=O)NCc3c(F)cc(F)cc3F)ccc2N(Cc2c(N)cccc2F)C1O. The number of nitrogens with zero attached hydrogens (tertiary/aromatic N) is 1. The normalized spacial score (nSPS) is 17.4. The van der Waals surface area contributed by atoms with E-state index in [1.165, 1.54) is 30.0 Å². The number of nitrogens with two attached hydrogens (primary N) is 1. The standard InChI is InChI=1S/C24H21F4N3O2S/c1-12-24(33)31(11-16-17(26)3-2-4-20(16)29)21-6-5-13(7-22(21)34-12)23(32)30-10-15-18(27)8-14(25)9-19(15)28/h2-9,12,24,33H,10-11,29H2,1H3,(H,30,32). The molecule has 2 unspecified atom stereocenters. The molecule has 10 heteroatoms. The Kier molecular flexibility index (Phi) is 6.72. The highest BCUT2D eigenvalue weighted by atomic mass is 32.2. The van der Waals surface area contributed by atoms with E-state index in [0.29, 0.717) is 22.7 Å². The molecule has 34 heavy (non-hydrogen) atoms. The average molecular weight is 492 g/mol. The summed E-state index contributed by atoms with van der Waals surface area (Å²) in [5.41, 5.74) is 6.80. The Balaban J connectivity index is 1.57. The molecule has 1 aliphatic rings. The molecule has 1 aliphatic heterocycles. The quantitative estimate of drug-likeness (QED) is 0.360. The van der Waals surface area contributed by atoms with Gasteiger partial charge < -0.3 is 21.1 Å². The Bertz CT molecular complexity index is 1210. The summed E-state index contributed by atoms with van der Waals surface area (Å²) < 4.78 is 55.1. The Morgan fingerprint density at radius 2 is 1.76 bits per heavy atom. The summed E-state index contributed by atoms with van der Waals surface area (Å²) in [6.07, 6.45) is -0.930. The third-order valence-corrected chi connectivity index (χ3v) is 6.79. The fourth-order valence-electron chi connectivity index (χ4n) is 3.75. The molecule has 4 N–H and O–H groups in total. The number of hydrogen-bond acceptors (Lipinski definition) is 5. The first-order valence-corrected chi connectivity index (χ1v) is 11.2. The maximum Gasteiger partial charge on any atom is 0.251 e. The van der Waals surface area contributed by atoms with Crippen molar-refractivity contribution < 1.29 is 27.5 Å². The maximum atomic E-state index is 14.4. The first-order valence-electron chi connectivity index (χ1n) is 10.4. The number of anilines is 2. The zero-order chi connectivity index (χ0) is 24.6. The second-order valence-corrected chi connectivity index (χ2v) is 9.30. The Labute approximate surface area is 197 Å². The van der Waals surface area contributed by atoms with E-state index in [9.17, 15) is 27.5 Å². The zero-order valence-corrected chi connectivity index (χ0v) is 18.8. The molecule has 0 bridgehead atoms. The highest BCUT2D eigenvalue weighted by Crippen LogP contribution is 2.42. The first kappa shape index (κ1) is 23.9. The number of thioether (sulfide) groups is 1. The summed E-state index contributed by atoms with van der Waals surface area (Å²) in [6.45, 7) is 1.35. The van der Waals surface area contributed by atoms with Gasteiger partial charge in [0.2, 0.25) is 0 Å². The van der Waals surface area contributed by atoms with Crippen LogP contribution >= 0.6 is 11.8 Å². The van der Waals surface area contributed by atoms with Gasteiger partial charge in [-0.25, -0.2) is 17.6 Å². The average Bonchev–Trinajstić information content (AvgIpc) is 2.77. The minimum absolute atomic E-state index is 0.0201. The Hall–Kier alpha value is -3.24. The summed E-state index contributed by atoms with van der Waals surface area (Å²) in [6, 6.07) is 10.2. The van der Waals surface area contributed by atoms with Crippen molar-refractivity contribution in [3.8, 4) is 0 Å². The van der Waals surface area contributed by atoms with Gasteiger partial charge in [-0.05, 0) is 37.3 Å². The smallest absolute Gasteiger partial charge is 0.251 e. The fourth-order valence-corrected chi connectivity index (χ4v) is 4.92. The molecule has 0 fully saturated rings. The number of aliphatic hydroxyl groups is 1. The minimum Gasteiger partial charge on any atom is -0.398 e. The third kappa shape index (κ3) is 4.69. The van der Waals surface area contributed by atoms with Gasteiger partial charge in [0, 0.05) is 46.0 Å². The van der Waals surface area contributed by atoms with E-state index >= 15 is 0 Å². The van der Waals surface area contributed by atoms with Crippen LogP contribution in [0.2, 0.25) is 0 Å². The lowest BCUT2D eigenvalue weighted by molar-refractivity contribution is 0.0950. The van der Waals surface area contributed by atoms with E-state index < -0.39 is 47.5 Å². The van der Waals surface area contributed by atoms with Gasteiger partial charge in [-0.15, -0.1) is 11.8 Å². The minimum atomic E-state index is -1.09. The van der Waals surface area contributed by atoms with Crippen molar-refractivity contribution in [2.75, 3.05) is 10.6 Å². The van der Waals surface area contributed by atoms with Gasteiger partial charge in [-0.2, -0.15) is 0 Å². The highest BCUT2D eigenvalue weighted by Gasteiger charge is 2.32. The molecule has 1 amide bonds. The van der Waals surface area contributed by atoms with E-state index in [1.807, 2.05) is 0 Å². The van der Waals surface area contributed by atoms with Gasteiger partial charge in [0.05, 0.1) is 17.5 Å². The van der Waals surface area contributed by atoms with Crippen molar-refractivity contribution in [3.05, 3.63) is 88.5 Å². The highest BCUT2D eigenvalue weighted by molar-refractivity contribution is 8.00. The number of carbonyl (C=O) groups excluding carboxylic acids is 1. The number of nitrogen functional groups attached to an aromatic ring is 1. The molecule has 0 saturated carbocycles. The second kappa shape index (κ2) is 9.55. The van der Waals surface area contributed by atoms with Crippen LogP contribution in [-0.2, 0) is 13.1 Å². The van der Waals surface area contributed by atoms with Crippen LogP contribution in [-0.4, -0.2) is 22.5 Å². The van der Waals surface area contributed by atoms with Gasteiger partial charge in [0.1, 0.15) is 29.5 Å². The van der Waals surface area contributed by atoms with E-state index in [4.69, 9.17) is 5.73 Å². The van der Waals surface area contributed by atoms with Crippen LogP contribution in [0, 0.1) is 23.3 Å². The predicted octanol–water partition coefficient (Wildman–Crippen LogP) is 4.57. The van der Waals surface area contributed by atoms with Gasteiger partial charge in [0.25, 0.3) is 5.91 Å². The molecular weight excluding hydrogens is 470 g/mol. The van der Waals surface area contributed by atoms with Crippen LogP contribution in [0.25, 0.3) is 0 Å². The Morgan fingerprint density at radius 1 is 1.06 bits per heavy atom. The lowest BCUT2D eigenvalue weighted by Crippen LogP contribution is -2.44. The van der Waals surface area contributed by atoms with E-state index in [-0.39, 0.29) is 28.6 Å². The third-order valence-electron chi connectivity index (χ3n) is 5.60. The lowest BCUT2D eigenvalue weighted by atomic mass is 10.1. The molecule has 0 aromatic heterocycles. The van der Waals surface area contributed by atoms with Crippen molar-refractivity contribution in [2.45, 2.75) is 36.4 Å². The predicted molar refractivity (Wildman–Crippen MR) is 122 cm³/mol. The summed E-state index contributed by atoms with van der Waals surface area (Å²) in [7, 11) is 0. The van der Waals surface area contributed by atoms with Crippen LogP contribution in [0.3, 0.4) is 0 Å². The zero-order valence-electron chi connectivity index (χ0n) is 18.0. The number of aliphatic hydroxyl groups excluding tert-OH is 1. The molecule has 5 nitrogen and oxygen atoms in total. The summed E-state index contributed by atoms with van der Waals surface area (Å²) in [5, 5.41) is 12.9. The second-order valence-electron chi connectivity index (χ2n) is 7.89. The van der Waals surface area contributed by atoms with E-state index in [2.05, 4.69) is 5.32 Å². The van der Waals surface area contributed by atoms with Gasteiger partial charge in [-0.1, -0.05) is 6.07 Å². The van der Waals surface area contributed by atoms with Crippen molar-refractivity contribution in [2.24, 2.45) is 0 Å². The molecule has 0 radical (unpaired) electrons. The van der Waals surface area contributed by atoms with Crippen LogP contribution < -0.4 is 16.0 Å². The van der Waals surface area contributed by atoms with Crippen LogP contribution in [0.4, 0.5) is 28.9 Å². The maximum absolute atomic E-state index is 14.4. The Morgan fingerprint density at radius 3 is 2.44 bits per heavy atom. The number of carbonyl (C=O) groups is 1. The summed E-state index contributed by atoms with van der Waals surface area (Å²) in [4.78, 5) is 14.9. The molecule has 2 atom stereocenters. The van der Waals surface area contributed by atoms with Crippen molar-refractivity contribution in [3.63, 3.8) is 0 Å². The molecule has 0 spiro atoms. The molecule has 3 aromatic carbocycles. The lowest BCUT2D eigenvalue weighted by Gasteiger charge is -2.39. The van der Waals surface area contributed by atoms with Crippen LogP contribution in [0.1, 0.15) is 28.4 Å². The van der Waals surface area contributed by atoms with Gasteiger partial charge in [-0.3, -0.25) is 4.79 Å². The van der Waals surface area contributed by atoms with Crippen LogP contribution in [0.5, 0.6) is 0 Å². The van der Waals surface area contributed by atoms with E-state index in [1.54, 1.807) is 30.0 Å². The first-order chi connectivity index (χ1) is 16.2. The number of benzene rings is 3. The fraction of sp³-hybridized carbons (Fsp3) is 0.208.